The lowest BCUT2D eigenvalue weighted by molar-refractivity contribution is -0.118. The third kappa shape index (κ3) is 4.84. The zero-order valence-electron chi connectivity index (χ0n) is 12.5. The molecule has 6 nitrogen and oxygen atoms in total. The second-order valence-corrected chi connectivity index (χ2v) is 4.67. The maximum Gasteiger partial charge on any atom is 0.227 e. The van der Waals surface area contributed by atoms with Crippen LogP contribution in [0, 0.1) is 6.92 Å². The van der Waals surface area contributed by atoms with E-state index in [1.807, 2.05) is 24.3 Å². The summed E-state index contributed by atoms with van der Waals surface area (Å²) in [6.45, 7) is 2.11. The first-order chi connectivity index (χ1) is 10.1. The van der Waals surface area contributed by atoms with Crippen molar-refractivity contribution in [1.29, 1.82) is 0 Å². The lowest BCUT2D eigenvalue weighted by Crippen LogP contribution is -2.28. The number of nitrogens with zero attached hydrogens (tertiary/aromatic N) is 1. The standard InChI is InChI=1S/C15H19N3O3.ClH/c1-10-17-9-14(21-10)11-3-5-12(6-4-11)18-15(19)7-13(8-16)20-2;/h3-6,9,13H,7-8,16H2,1-2H3,(H,18,19);1H. The van der Waals surface area contributed by atoms with Crippen LogP contribution in [-0.4, -0.2) is 30.6 Å². The number of benzene rings is 1. The summed E-state index contributed by atoms with van der Waals surface area (Å²) in [5.41, 5.74) is 7.11. The number of hydrogen-bond acceptors (Lipinski definition) is 5. The molecule has 7 heteroatoms. The van der Waals surface area contributed by atoms with Gasteiger partial charge in [0.1, 0.15) is 0 Å². The fraction of sp³-hybridized carbons (Fsp3) is 0.333. The van der Waals surface area contributed by atoms with Gasteiger partial charge in [0, 0.05) is 31.8 Å². The van der Waals surface area contributed by atoms with Crippen molar-refractivity contribution in [3.63, 3.8) is 0 Å². The van der Waals surface area contributed by atoms with Crippen LogP contribution in [-0.2, 0) is 9.53 Å². The highest BCUT2D eigenvalue weighted by atomic mass is 35.5. The molecule has 0 saturated heterocycles. The Bertz CT molecular complexity index is 594. The summed E-state index contributed by atoms with van der Waals surface area (Å²) in [6, 6.07) is 7.36. The molecule has 1 unspecified atom stereocenters. The van der Waals surface area contributed by atoms with Gasteiger partial charge in [0.15, 0.2) is 11.7 Å². The van der Waals surface area contributed by atoms with Crippen LogP contribution in [0.15, 0.2) is 34.9 Å². The van der Waals surface area contributed by atoms with Crippen molar-refractivity contribution in [1.82, 2.24) is 4.98 Å². The lowest BCUT2D eigenvalue weighted by atomic mass is 10.1. The van der Waals surface area contributed by atoms with Gasteiger partial charge >= 0.3 is 0 Å². The Morgan fingerprint density at radius 3 is 2.59 bits per heavy atom. The molecular formula is C15H20ClN3O3. The number of carbonyl (C=O) groups is 1. The predicted octanol–water partition coefficient (Wildman–Crippen LogP) is 2.37. The number of aromatic nitrogens is 1. The minimum Gasteiger partial charge on any atom is -0.441 e. The van der Waals surface area contributed by atoms with Crippen LogP contribution in [0.25, 0.3) is 11.3 Å². The van der Waals surface area contributed by atoms with Gasteiger partial charge in [-0.3, -0.25) is 4.79 Å². The van der Waals surface area contributed by atoms with E-state index in [9.17, 15) is 4.79 Å². The van der Waals surface area contributed by atoms with Crippen LogP contribution in [0.4, 0.5) is 5.69 Å². The molecule has 120 valence electrons. The minimum atomic E-state index is -0.263. The van der Waals surface area contributed by atoms with Crippen LogP contribution in [0.5, 0.6) is 0 Å². The normalized spacial score (nSPS) is 11.6. The van der Waals surface area contributed by atoms with Crippen LogP contribution in [0.2, 0.25) is 0 Å². The van der Waals surface area contributed by atoms with Gasteiger partial charge in [-0.15, -0.1) is 12.4 Å². The summed E-state index contributed by atoms with van der Waals surface area (Å²) in [4.78, 5) is 15.9. The number of carbonyl (C=O) groups excluding carboxylic acids is 1. The summed E-state index contributed by atoms with van der Waals surface area (Å²) < 4.78 is 10.5. The van der Waals surface area contributed by atoms with E-state index in [2.05, 4.69) is 10.3 Å². The number of nitrogens with two attached hydrogens (primary N) is 1. The zero-order chi connectivity index (χ0) is 15.2. The quantitative estimate of drug-likeness (QED) is 0.851. The van der Waals surface area contributed by atoms with Gasteiger partial charge in [0.2, 0.25) is 5.91 Å². The highest BCUT2D eigenvalue weighted by Crippen LogP contribution is 2.22. The molecule has 22 heavy (non-hydrogen) atoms. The van der Waals surface area contributed by atoms with Crippen LogP contribution in [0.1, 0.15) is 12.3 Å². The number of hydrogen-bond donors (Lipinski definition) is 2. The zero-order valence-corrected chi connectivity index (χ0v) is 13.4. The first-order valence-corrected chi connectivity index (χ1v) is 6.68. The van der Waals surface area contributed by atoms with E-state index in [0.717, 1.165) is 5.56 Å². The Balaban J connectivity index is 0.00000242. The van der Waals surface area contributed by atoms with E-state index in [4.69, 9.17) is 14.9 Å². The van der Waals surface area contributed by atoms with Crippen molar-refractivity contribution in [2.45, 2.75) is 19.4 Å². The van der Waals surface area contributed by atoms with Crippen LogP contribution >= 0.6 is 12.4 Å². The number of amides is 1. The number of oxazole rings is 1. The molecule has 0 saturated carbocycles. The molecule has 3 N–H and O–H groups in total. The van der Waals surface area contributed by atoms with E-state index in [1.165, 1.54) is 0 Å². The third-order valence-electron chi connectivity index (χ3n) is 3.08. The summed E-state index contributed by atoms with van der Waals surface area (Å²) in [5, 5.41) is 2.80. The van der Waals surface area contributed by atoms with Gasteiger partial charge in [-0.1, -0.05) is 0 Å². The number of anilines is 1. The van der Waals surface area contributed by atoms with Crippen LogP contribution < -0.4 is 11.1 Å². The van der Waals surface area contributed by atoms with Gasteiger partial charge in [0.25, 0.3) is 0 Å². The average molecular weight is 326 g/mol. The molecular weight excluding hydrogens is 306 g/mol. The Hall–Kier alpha value is -1.89. The second-order valence-electron chi connectivity index (χ2n) is 4.67. The van der Waals surface area contributed by atoms with Gasteiger partial charge in [-0.05, 0) is 24.3 Å². The molecule has 1 aromatic heterocycles. The smallest absolute Gasteiger partial charge is 0.227 e. The Kier molecular flexibility index (Phi) is 7.04. The van der Waals surface area contributed by atoms with E-state index in [0.29, 0.717) is 23.9 Å². The number of nitrogens with one attached hydrogen (secondary N) is 1. The topological polar surface area (TPSA) is 90.4 Å². The van der Waals surface area contributed by atoms with E-state index < -0.39 is 0 Å². The first kappa shape index (κ1) is 18.2. The molecule has 0 bridgehead atoms. The maximum atomic E-state index is 11.8. The molecule has 1 heterocycles. The summed E-state index contributed by atoms with van der Waals surface area (Å²) in [7, 11) is 1.54. The van der Waals surface area contributed by atoms with Crippen molar-refractivity contribution < 1.29 is 13.9 Å². The molecule has 0 radical (unpaired) electrons. The number of methoxy groups -OCH3 is 1. The second kappa shape index (κ2) is 8.53. The Morgan fingerprint density at radius 1 is 1.41 bits per heavy atom. The Labute approximate surface area is 135 Å². The molecule has 0 fully saturated rings. The van der Waals surface area contributed by atoms with E-state index in [-0.39, 0.29) is 30.8 Å². The van der Waals surface area contributed by atoms with Crippen molar-refractivity contribution in [3.8, 4) is 11.3 Å². The molecule has 0 aliphatic rings. The molecule has 0 aliphatic carbocycles. The SMILES string of the molecule is COC(CN)CC(=O)Nc1ccc(-c2cnc(C)o2)cc1.Cl. The highest BCUT2D eigenvalue weighted by Gasteiger charge is 2.11. The van der Waals surface area contributed by atoms with Gasteiger partial charge in [-0.25, -0.2) is 4.98 Å². The molecule has 2 aromatic rings. The van der Waals surface area contributed by atoms with E-state index >= 15 is 0 Å². The molecule has 1 atom stereocenters. The summed E-state index contributed by atoms with van der Waals surface area (Å²) in [6.07, 6.45) is 1.64. The molecule has 0 aliphatic heterocycles. The molecule has 1 aromatic carbocycles. The summed E-state index contributed by atoms with van der Waals surface area (Å²) in [5.74, 6) is 1.19. The number of halogens is 1. The van der Waals surface area contributed by atoms with Crippen molar-refractivity contribution >= 4 is 24.0 Å². The molecule has 2 rings (SSSR count). The molecule has 0 spiro atoms. The van der Waals surface area contributed by atoms with Gasteiger partial charge < -0.3 is 20.2 Å². The monoisotopic (exact) mass is 325 g/mol. The van der Waals surface area contributed by atoms with Gasteiger partial charge in [0.05, 0.1) is 18.7 Å². The maximum absolute atomic E-state index is 11.8. The predicted molar refractivity (Wildman–Crippen MR) is 87.0 cm³/mol. The summed E-state index contributed by atoms with van der Waals surface area (Å²) >= 11 is 0. The van der Waals surface area contributed by atoms with Gasteiger partial charge in [-0.2, -0.15) is 0 Å². The third-order valence-corrected chi connectivity index (χ3v) is 3.08. The number of rotatable bonds is 6. The fourth-order valence-corrected chi connectivity index (χ4v) is 1.89. The van der Waals surface area contributed by atoms with Crippen LogP contribution in [0.3, 0.4) is 0 Å². The molecule has 1 amide bonds. The lowest BCUT2D eigenvalue weighted by Gasteiger charge is -2.12. The highest BCUT2D eigenvalue weighted by molar-refractivity contribution is 5.91. The number of ether oxygens (including phenoxy) is 1. The van der Waals surface area contributed by atoms with E-state index in [1.54, 1.807) is 20.2 Å². The Morgan fingerprint density at radius 2 is 2.09 bits per heavy atom. The average Bonchev–Trinajstić information content (AvgIpc) is 2.92. The first-order valence-electron chi connectivity index (χ1n) is 6.68. The van der Waals surface area contributed by atoms with Crippen molar-refractivity contribution in [2.75, 3.05) is 19.0 Å². The largest absolute Gasteiger partial charge is 0.441 e. The fourth-order valence-electron chi connectivity index (χ4n) is 1.89. The van der Waals surface area contributed by atoms with Crippen molar-refractivity contribution in [3.05, 3.63) is 36.4 Å². The van der Waals surface area contributed by atoms with Crippen molar-refractivity contribution in [2.24, 2.45) is 5.73 Å². The minimum absolute atomic E-state index is 0. The number of aryl methyl sites for hydroxylation is 1.